The molecule has 0 spiro atoms. The molecule has 1 heterocycles. The molecule has 0 fully saturated rings. The third-order valence-electron chi connectivity index (χ3n) is 3.50. The van der Waals surface area contributed by atoms with E-state index in [0.29, 0.717) is 0 Å². The van der Waals surface area contributed by atoms with Crippen LogP contribution in [-0.4, -0.2) is 44.2 Å². The largest absolute Gasteiger partial charge is 0.481 e. The van der Waals surface area contributed by atoms with Crippen molar-refractivity contribution in [3.8, 4) is 0 Å². The third-order valence-corrected chi connectivity index (χ3v) is 5.09. The van der Waals surface area contributed by atoms with Gasteiger partial charge in [-0.05, 0) is 23.9 Å². The van der Waals surface area contributed by atoms with Crippen LogP contribution in [0.3, 0.4) is 0 Å². The average Bonchev–Trinajstić information content (AvgIpc) is 2.86. The number of hydrogen-bond acceptors (Lipinski definition) is 3. The Labute approximate surface area is 138 Å². The van der Waals surface area contributed by atoms with Crippen LogP contribution >= 0.6 is 7.52 Å². The normalized spacial score (nSPS) is 13.9. The number of aliphatic carboxylic acids is 2. The molecule has 2 aromatic rings. The van der Waals surface area contributed by atoms with E-state index in [1.807, 2.05) is 30.3 Å². The van der Waals surface area contributed by atoms with Crippen LogP contribution in [0, 0.1) is 0 Å². The summed E-state index contributed by atoms with van der Waals surface area (Å²) in [5.41, 5.74) is 1.70. The number of aryl methyl sites for hydroxylation is 1. The fraction of sp³-hybridized carbons (Fsp3) is 0.333. The molecule has 2 rings (SSSR count). The Hall–Kier alpha value is -2.15. The maximum Gasteiger partial charge on any atom is 0.304 e. The molecule has 0 saturated heterocycles. The van der Waals surface area contributed by atoms with Gasteiger partial charge in [-0.25, -0.2) is 5.09 Å². The monoisotopic (exact) mass is 354 g/mol. The highest BCUT2D eigenvalue weighted by molar-refractivity contribution is 7.55. The summed E-state index contributed by atoms with van der Waals surface area (Å²) in [7, 11) is -3.87. The zero-order valence-electron chi connectivity index (χ0n) is 12.8. The van der Waals surface area contributed by atoms with Crippen molar-refractivity contribution in [1.82, 2.24) is 10.1 Å². The van der Waals surface area contributed by atoms with Crippen molar-refractivity contribution >= 4 is 30.4 Å². The molecular formula is C15H19N2O6P. The minimum absolute atomic E-state index is 0.129. The molecule has 1 atom stereocenters. The van der Waals surface area contributed by atoms with Crippen molar-refractivity contribution in [2.24, 2.45) is 0 Å². The van der Waals surface area contributed by atoms with E-state index in [2.05, 4.69) is 10.1 Å². The van der Waals surface area contributed by atoms with Gasteiger partial charge in [0.1, 0.15) is 0 Å². The minimum atomic E-state index is -3.87. The van der Waals surface area contributed by atoms with Crippen molar-refractivity contribution in [3.05, 3.63) is 36.0 Å². The number of fused-ring (bicyclic) bond motifs is 1. The summed E-state index contributed by atoms with van der Waals surface area (Å²) < 4.78 is 12.2. The predicted molar refractivity (Wildman–Crippen MR) is 88.1 cm³/mol. The number of nitrogens with one attached hydrogen (secondary N) is 2. The van der Waals surface area contributed by atoms with Crippen molar-refractivity contribution < 1.29 is 29.3 Å². The molecule has 1 unspecified atom stereocenters. The van der Waals surface area contributed by atoms with Gasteiger partial charge in [0, 0.05) is 23.4 Å². The number of carboxylic acids is 2. The zero-order valence-corrected chi connectivity index (χ0v) is 13.7. The minimum Gasteiger partial charge on any atom is -0.481 e. The molecule has 0 amide bonds. The highest BCUT2D eigenvalue weighted by Gasteiger charge is 2.26. The third kappa shape index (κ3) is 5.49. The molecule has 0 aliphatic heterocycles. The summed E-state index contributed by atoms with van der Waals surface area (Å²) in [5.74, 6) is -2.46. The molecule has 1 aromatic carbocycles. The van der Waals surface area contributed by atoms with Gasteiger partial charge in [0.2, 0.25) is 0 Å². The first kappa shape index (κ1) is 18.2. The van der Waals surface area contributed by atoms with E-state index in [1.54, 1.807) is 0 Å². The van der Waals surface area contributed by atoms with Gasteiger partial charge in [-0.3, -0.25) is 14.2 Å². The number of rotatable bonds is 9. The van der Waals surface area contributed by atoms with E-state index >= 15 is 0 Å². The molecule has 5 N–H and O–H groups in total. The number of aromatic amines is 1. The molecule has 0 aliphatic rings. The van der Waals surface area contributed by atoms with Gasteiger partial charge in [-0.2, -0.15) is 0 Å². The van der Waals surface area contributed by atoms with Gasteiger partial charge in [0.05, 0.1) is 12.8 Å². The molecule has 0 saturated carbocycles. The second kappa shape index (κ2) is 7.61. The van der Waals surface area contributed by atoms with Gasteiger partial charge >= 0.3 is 11.9 Å². The number of para-hydroxylation sites is 1. The van der Waals surface area contributed by atoms with Gasteiger partial charge < -0.3 is 20.1 Å². The Balaban J connectivity index is 1.99. The fourth-order valence-corrected chi connectivity index (χ4v) is 3.90. The number of aromatic nitrogens is 1. The molecule has 0 radical (unpaired) electrons. The lowest BCUT2D eigenvalue weighted by atomic mass is 10.1. The molecule has 130 valence electrons. The van der Waals surface area contributed by atoms with E-state index in [1.165, 1.54) is 0 Å². The van der Waals surface area contributed by atoms with E-state index < -0.39 is 38.3 Å². The number of carbonyl (C=O) groups is 2. The SMILES string of the molecule is O=C(O)CC(CC(=O)O)NP(=O)(O)CCc1cc2ccccc2[nH]1. The summed E-state index contributed by atoms with van der Waals surface area (Å²) in [6.07, 6.45) is -0.926. The van der Waals surface area contributed by atoms with E-state index in [-0.39, 0.29) is 12.6 Å². The zero-order chi connectivity index (χ0) is 17.7. The standard InChI is InChI=1S/C15H19N2O6P/c18-14(19)8-12(9-15(20)21)17-24(22,23)6-5-11-7-10-3-1-2-4-13(10)16-11/h1-4,7,12,16H,5-6,8-9H2,(H,18,19)(H,20,21)(H2,17,22,23). The number of benzene rings is 1. The molecule has 1 aromatic heterocycles. The van der Waals surface area contributed by atoms with Crippen molar-refractivity contribution in [1.29, 1.82) is 0 Å². The second-order valence-corrected chi connectivity index (χ2v) is 7.69. The first-order valence-corrected chi connectivity index (χ1v) is 9.19. The average molecular weight is 354 g/mol. The summed E-state index contributed by atoms with van der Waals surface area (Å²) in [5, 5.41) is 20.8. The summed E-state index contributed by atoms with van der Waals surface area (Å²) in [6.45, 7) is 0. The van der Waals surface area contributed by atoms with Crippen LogP contribution in [0.5, 0.6) is 0 Å². The van der Waals surface area contributed by atoms with E-state index in [0.717, 1.165) is 16.6 Å². The Morgan fingerprint density at radius 3 is 2.38 bits per heavy atom. The number of hydrogen-bond donors (Lipinski definition) is 5. The van der Waals surface area contributed by atoms with Crippen LogP contribution in [0.15, 0.2) is 30.3 Å². The van der Waals surface area contributed by atoms with Crippen molar-refractivity contribution in [2.75, 3.05) is 6.16 Å². The Kier molecular flexibility index (Phi) is 5.77. The second-order valence-electron chi connectivity index (χ2n) is 5.58. The lowest BCUT2D eigenvalue weighted by Crippen LogP contribution is -2.32. The lowest BCUT2D eigenvalue weighted by molar-refractivity contribution is -0.139. The van der Waals surface area contributed by atoms with Gasteiger partial charge in [-0.15, -0.1) is 0 Å². The highest BCUT2D eigenvalue weighted by Crippen LogP contribution is 2.37. The number of carboxylic acid groups (broad SMARTS) is 2. The smallest absolute Gasteiger partial charge is 0.304 e. The van der Waals surface area contributed by atoms with Crippen molar-refractivity contribution in [3.63, 3.8) is 0 Å². The quantitative estimate of drug-likeness (QED) is 0.433. The maximum absolute atomic E-state index is 12.2. The molecule has 9 heteroatoms. The number of H-pyrrole nitrogens is 1. The van der Waals surface area contributed by atoms with Crippen LogP contribution in [0.2, 0.25) is 0 Å². The van der Waals surface area contributed by atoms with E-state index in [4.69, 9.17) is 10.2 Å². The Morgan fingerprint density at radius 2 is 1.79 bits per heavy atom. The van der Waals surface area contributed by atoms with Crippen molar-refractivity contribution in [2.45, 2.75) is 25.3 Å². The van der Waals surface area contributed by atoms with Gasteiger partial charge in [0.15, 0.2) is 0 Å². The molecule has 24 heavy (non-hydrogen) atoms. The maximum atomic E-state index is 12.2. The van der Waals surface area contributed by atoms with Crippen LogP contribution in [0.4, 0.5) is 0 Å². The summed E-state index contributed by atoms with van der Waals surface area (Å²) in [4.78, 5) is 34.6. The van der Waals surface area contributed by atoms with Gasteiger partial charge in [0.25, 0.3) is 7.52 Å². The first-order chi connectivity index (χ1) is 11.2. The van der Waals surface area contributed by atoms with Crippen LogP contribution in [-0.2, 0) is 20.6 Å². The lowest BCUT2D eigenvalue weighted by Gasteiger charge is -2.19. The summed E-state index contributed by atoms with van der Waals surface area (Å²) in [6, 6.07) is 8.36. The fourth-order valence-electron chi connectivity index (χ4n) is 2.48. The van der Waals surface area contributed by atoms with Crippen LogP contribution in [0.25, 0.3) is 10.9 Å². The van der Waals surface area contributed by atoms with Crippen LogP contribution in [0.1, 0.15) is 18.5 Å². The summed E-state index contributed by atoms with van der Waals surface area (Å²) >= 11 is 0. The molecule has 8 nitrogen and oxygen atoms in total. The Bertz CT molecular complexity index is 738. The molecule has 0 bridgehead atoms. The van der Waals surface area contributed by atoms with E-state index in [9.17, 15) is 19.0 Å². The Morgan fingerprint density at radius 1 is 1.17 bits per heavy atom. The molecule has 0 aliphatic carbocycles. The van der Waals surface area contributed by atoms with Crippen LogP contribution < -0.4 is 5.09 Å². The topological polar surface area (TPSA) is 140 Å². The first-order valence-electron chi connectivity index (χ1n) is 7.35. The van der Waals surface area contributed by atoms with Gasteiger partial charge in [-0.1, -0.05) is 18.2 Å². The molecular weight excluding hydrogens is 335 g/mol. The highest BCUT2D eigenvalue weighted by atomic mass is 31.2. The predicted octanol–water partition coefficient (Wildman–Crippen LogP) is 1.80.